The number of anilines is 1. The molecule has 7 nitrogen and oxygen atoms in total. The number of hydrogen-bond acceptors (Lipinski definition) is 6. The predicted octanol–water partition coefficient (Wildman–Crippen LogP) is 4.13. The molecule has 1 aromatic heterocycles. The van der Waals surface area contributed by atoms with E-state index in [0.29, 0.717) is 24.5 Å². The summed E-state index contributed by atoms with van der Waals surface area (Å²) in [6.45, 7) is 7.67. The minimum Gasteiger partial charge on any atom is -0.338 e. The van der Waals surface area contributed by atoms with E-state index in [9.17, 15) is 18.0 Å². The molecule has 1 saturated heterocycles. The standard InChI is InChI=1S/C24H26F3N5O2/c1-16-4-3-5-20(17(16)2)28-21(33)14-31-10-12-32(13-11-31)15-22-29-23(30-34-22)18-6-8-19(9-7-18)24(25,26)27/h3-9H,10-15H2,1-2H3,(H,28,33). The Morgan fingerprint density at radius 1 is 1.03 bits per heavy atom. The van der Waals surface area contributed by atoms with Crippen molar-refractivity contribution >= 4 is 11.6 Å². The molecule has 2 heterocycles. The largest absolute Gasteiger partial charge is 0.416 e. The van der Waals surface area contributed by atoms with Gasteiger partial charge in [0.2, 0.25) is 17.6 Å². The Morgan fingerprint density at radius 2 is 1.71 bits per heavy atom. The Morgan fingerprint density at radius 3 is 2.38 bits per heavy atom. The molecule has 0 aliphatic carbocycles. The van der Waals surface area contributed by atoms with Crippen LogP contribution in [0.2, 0.25) is 0 Å². The van der Waals surface area contributed by atoms with E-state index in [1.165, 1.54) is 12.1 Å². The first-order chi connectivity index (χ1) is 16.2. The number of amides is 1. The molecule has 1 amide bonds. The number of carbonyl (C=O) groups excluding carboxylic acids is 1. The van der Waals surface area contributed by atoms with Crippen LogP contribution in [0.5, 0.6) is 0 Å². The highest BCUT2D eigenvalue weighted by Gasteiger charge is 2.30. The fourth-order valence-electron chi connectivity index (χ4n) is 3.82. The zero-order chi connectivity index (χ0) is 24.3. The molecule has 2 aromatic carbocycles. The molecule has 0 spiro atoms. The lowest BCUT2D eigenvalue weighted by Gasteiger charge is -2.33. The van der Waals surface area contributed by atoms with Crippen molar-refractivity contribution in [1.29, 1.82) is 0 Å². The van der Waals surface area contributed by atoms with Gasteiger partial charge in [0.15, 0.2) is 0 Å². The second kappa shape index (κ2) is 9.94. The topological polar surface area (TPSA) is 74.5 Å². The lowest BCUT2D eigenvalue weighted by molar-refractivity contribution is -0.137. The van der Waals surface area contributed by atoms with Crippen molar-refractivity contribution in [2.75, 3.05) is 38.0 Å². The summed E-state index contributed by atoms with van der Waals surface area (Å²) in [7, 11) is 0. The van der Waals surface area contributed by atoms with Crippen LogP contribution >= 0.6 is 0 Å². The maximum absolute atomic E-state index is 12.7. The molecular formula is C24H26F3N5O2. The van der Waals surface area contributed by atoms with Crippen LogP contribution in [-0.2, 0) is 17.5 Å². The van der Waals surface area contributed by atoms with Crippen LogP contribution < -0.4 is 5.32 Å². The van der Waals surface area contributed by atoms with Crippen LogP contribution in [0.25, 0.3) is 11.4 Å². The summed E-state index contributed by atoms with van der Waals surface area (Å²) in [5, 5.41) is 6.88. The smallest absolute Gasteiger partial charge is 0.338 e. The molecule has 0 saturated carbocycles. The van der Waals surface area contributed by atoms with Crippen LogP contribution in [0.4, 0.5) is 18.9 Å². The third-order valence-electron chi connectivity index (χ3n) is 6.01. The molecule has 34 heavy (non-hydrogen) atoms. The number of piperazine rings is 1. The van der Waals surface area contributed by atoms with Gasteiger partial charge in [-0.05, 0) is 43.2 Å². The van der Waals surface area contributed by atoms with E-state index in [1.807, 2.05) is 32.0 Å². The van der Waals surface area contributed by atoms with Crippen molar-refractivity contribution < 1.29 is 22.5 Å². The summed E-state index contributed by atoms with van der Waals surface area (Å²) in [6, 6.07) is 10.5. The highest BCUT2D eigenvalue weighted by Crippen LogP contribution is 2.30. The van der Waals surface area contributed by atoms with Gasteiger partial charge in [-0.2, -0.15) is 18.2 Å². The number of rotatable bonds is 6. The van der Waals surface area contributed by atoms with E-state index >= 15 is 0 Å². The fraction of sp³-hybridized carbons (Fsp3) is 0.375. The van der Waals surface area contributed by atoms with E-state index in [1.54, 1.807) is 0 Å². The third kappa shape index (κ3) is 5.81. The number of aryl methyl sites for hydroxylation is 1. The van der Waals surface area contributed by atoms with E-state index in [0.717, 1.165) is 55.1 Å². The van der Waals surface area contributed by atoms with E-state index in [-0.39, 0.29) is 11.7 Å². The second-order valence-corrected chi connectivity index (χ2v) is 8.43. The first-order valence-corrected chi connectivity index (χ1v) is 11.0. The monoisotopic (exact) mass is 473 g/mol. The quantitative estimate of drug-likeness (QED) is 0.581. The molecule has 1 N–H and O–H groups in total. The van der Waals surface area contributed by atoms with Crippen molar-refractivity contribution in [3.05, 3.63) is 65.0 Å². The molecule has 0 radical (unpaired) electrons. The lowest BCUT2D eigenvalue weighted by Crippen LogP contribution is -2.48. The predicted molar refractivity (Wildman–Crippen MR) is 121 cm³/mol. The number of benzene rings is 2. The van der Waals surface area contributed by atoms with E-state index < -0.39 is 11.7 Å². The normalized spacial score (nSPS) is 15.4. The van der Waals surface area contributed by atoms with Crippen LogP contribution in [0.15, 0.2) is 47.0 Å². The average Bonchev–Trinajstić information content (AvgIpc) is 3.26. The van der Waals surface area contributed by atoms with Gasteiger partial charge in [-0.15, -0.1) is 0 Å². The summed E-state index contributed by atoms with van der Waals surface area (Å²) in [6.07, 6.45) is -4.39. The van der Waals surface area contributed by atoms with E-state index in [2.05, 4.69) is 25.3 Å². The highest BCUT2D eigenvalue weighted by atomic mass is 19.4. The molecule has 0 bridgehead atoms. The Bertz CT molecular complexity index is 1140. The van der Waals surface area contributed by atoms with Gasteiger partial charge in [0.25, 0.3) is 0 Å². The Labute approximate surface area is 195 Å². The van der Waals surface area contributed by atoms with Gasteiger partial charge in [-0.25, -0.2) is 0 Å². The van der Waals surface area contributed by atoms with Gasteiger partial charge in [-0.3, -0.25) is 14.6 Å². The van der Waals surface area contributed by atoms with Crippen LogP contribution in [0.1, 0.15) is 22.6 Å². The number of aromatic nitrogens is 2. The van der Waals surface area contributed by atoms with Gasteiger partial charge in [0, 0.05) is 37.4 Å². The lowest BCUT2D eigenvalue weighted by atomic mass is 10.1. The highest BCUT2D eigenvalue weighted by molar-refractivity contribution is 5.93. The summed E-state index contributed by atoms with van der Waals surface area (Å²) in [5.41, 5.74) is 2.77. The zero-order valence-corrected chi connectivity index (χ0v) is 19.0. The Hall–Kier alpha value is -3.24. The zero-order valence-electron chi connectivity index (χ0n) is 19.0. The minimum atomic E-state index is -4.39. The molecule has 1 aliphatic rings. The molecule has 0 unspecified atom stereocenters. The number of carbonyl (C=O) groups is 1. The van der Waals surface area contributed by atoms with Gasteiger partial charge < -0.3 is 9.84 Å². The number of hydrogen-bond donors (Lipinski definition) is 1. The van der Waals surface area contributed by atoms with Crippen LogP contribution in [0.3, 0.4) is 0 Å². The van der Waals surface area contributed by atoms with Crippen LogP contribution in [0, 0.1) is 13.8 Å². The van der Waals surface area contributed by atoms with Gasteiger partial charge in [-0.1, -0.05) is 29.4 Å². The van der Waals surface area contributed by atoms with Crippen molar-refractivity contribution in [3.63, 3.8) is 0 Å². The second-order valence-electron chi connectivity index (χ2n) is 8.43. The van der Waals surface area contributed by atoms with Crippen LogP contribution in [-0.4, -0.2) is 58.6 Å². The van der Waals surface area contributed by atoms with Gasteiger partial charge >= 0.3 is 6.18 Å². The SMILES string of the molecule is Cc1cccc(NC(=O)CN2CCN(Cc3nc(-c4ccc(C(F)(F)F)cc4)no3)CC2)c1C. The first-order valence-electron chi connectivity index (χ1n) is 11.0. The van der Waals surface area contributed by atoms with Crippen molar-refractivity contribution in [1.82, 2.24) is 19.9 Å². The maximum atomic E-state index is 12.7. The van der Waals surface area contributed by atoms with Crippen molar-refractivity contribution in [2.24, 2.45) is 0 Å². The van der Waals surface area contributed by atoms with Crippen molar-refractivity contribution in [3.8, 4) is 11.4 Å². The summed E-state index contributed by atoms with van der Waals surface area (Å²) in [5.74, 6) is 0.613. The summed E-state index contributed by atoms with van der Waals surface area (Å²) >= 11 is 0. The molecule has 180 valence electrons. The van der Waals surface area contributed by atoms with Gasteiger partial charge in [0.05, 0.1) is 18.7 Å². The molecule has 4 rings (SSSR count). The fourth-order valence-corrected chi connectivity index (χ4v) is 3.82. The number of alkyl halides is 3. The minimum absolute atomic E-state index is 0.0414. The Balaban J connectivity index is 1.26. The van der Waals surface area contributed by atoms with E-state index in [4.69, 9.17) is 4.52 Å². The third-order valence-corrected chi connectivity index (χ3v) is 6.01. The Kier molecular flexibility index (Phi) is 6.99. The molecule has 0 atom stereocenters. The molecule has 3 aromatic rings. The summed E-state index contributed by atoms with van der Waals surface area (Å²) in [4.78, 5) is 21.0. The summed E-state index contributed by atoms with van der Waals surface area (Å²) < 4.78 is 43.5. The molecule has 10 heteroatoms. The first kappa shape index (κ1) is 23.9. The van der Waals surface area contributed by atoms with Crippen molar-refractivity contribution in [2.45, 2.75) is 26.6 Å². The molecule has 1 fully saturated rings. The molecular weight excluding hydrogens is 447 g/mol. The van der Waals surface area contributed by atoms with Gasteiger partial charge in [0.1, 0.15) is 0 Å². The number of halogens is 3. The maximum Gasteiger partial charge on any atom is 0.416 e. The molecule has 1 aliphatic heterocycles. The number of nitrogens with zero attached hydrogens (tertiary/aromatic N) is 4. The average molecular weight is 473 g/mol. The number of nitrogens with one attached hydrogen (secondary N) is 1.